The number of carboxylic acids is 1. The number of unbranched alkanes of at least 4 members (excludes halogenated alkanes) is 6. The van der Waals surface area contributed by atoms with Crippen LogP contribution < -0.4 is 56.5 Å². The van der Waals surface area contributed by atoms with E-state index < -0.39 is 5.97 Å². The fourth-order valence-corrected chi connectivity index (χ4v) is 1.23. The van der Waals surface area contributed by atoms with Gasteiger partial charge in [-0.1, -0.05) is 45.4 Å². The normalized spacial score (nSPS) is 8.64. The van der Waals surface area contributed by atoms with Crippen molar-refractivity contribution in [2.45, 2.75) is 58.3 Å². The van der Waals surface area contributed by atoms with Gasteiger partial charge in [0.15, 0.2) is 0 Å². The number of hydrogen-bond donors (Lipinski definition) is 0. The molecule has 0 saturated carbocycles. The summed E-state index contributed by atoms with van der Waals surface area (Å²) in [5, 5.41) is 10.0. The Hall–Kier alpha value is 2.11. The van der Waals surface area contributed by atoms with E-state index in [-0.39, 0.29) is 87.4 Å². The van der Waals surface area contributed by atoms with Crippen LogP contribution in [0, 0.1) is 0 Å². The van der Waals surface area contributed by atoms with Crippen LogP contribution in [0.4, 0.5) is 0 Å². The van der Waals surface area contributed by atoms with Crippen LogP contribution in [-0.4, -0.2) is 35.5 Å². The molecular weight excluding hydrogens is 214 g/mol. The number of carbonyl (C=O) groups excluding carboxylic acids is 1. The van der Waals surface area contributed by atoms with Crippen molar-refractivity contribution in [3.63, 3.8) is 0 Å². The molecule has 0 saturated heterocycles. The van der Waals surface area contributed by atoms with Crippen molar-refractivity contribution in [2.75, 3.05) is 0 Å². The number of rotatable bonds is 8. The Bertz CT molecular complexity index is 121. The van der Waals surface area contributed by atoms with Gasteiger partial charge in [-0.25, -0.2) is 0 Å². The molecule has 14 heavy (non-hydrogen) atoms. The van der Waals surface area contributed by atoms with Gasteiger partial charge < -0.3 is 9.90 Å². The average Bonchev–Trinajstić information content (AvgIpc) is 2.02. The molecule has 0 spiro atoms. The standard InChI is InChI=1S/C10H20O2.K.Na.H/c1-2-3-4-5-6-7-8-9-10(11)12;;;/h2-9H2,1H3,(H,11,12);;;/q;+1;;/p-1. The summed E-state index contributed by atoms with van der Waals surface area (Å²) in [5.74, 6) is -0.913. The van der Waals surface area contributed by atoms with Gasteiger partial charge >= 0.3 is 80.9 Å². The first kappa shape index (κ1) is 21.4. The summed E-state index contributed by atoms with van der Waals surface area (Å²) in [6, 6.07) is 0. The average molecular weight is 234 g/mol. The molecule has 0 fully saturated rings. The Morgan fingerprint density at radius 3 is 1.86 bits per heavy atom. The maximum absolute atomic E-state index is 10.0. The molecule has 0 radical (unpaired) electrons. The molecule has 0 aliphatic rings. The quantitative estimate of drug-likeness (QED) is 0.368. The van der Waals surface area contributed by atoms with Crippen LogP contribution in [0.3, 0.4) is 0 Å². The van der Waals surface area contributed by atoms with E-state index in [4.69, 9.17) is 0 Å². The van der Waals surface area contributed by atoms with E-state index >= 15 is 0 Å². The van der Waals surface area contributed by atoms with E-state index in [0.29, 0.717) is 0 Å². The SMILES string of the molecule is CCCCCCCCCC(=O)[O-].[K+].[NaH]. The van der Waals surface area contributed by atoms with Crippen LogP contribution in [0.5, 0.6) is 0 Å². The first-order chi connectivity index (χ1) is 5.77. The van der Waals surface area contributed by atoms with E-state index in [9.17, 15) is 9.90 Å². The second-order valence-electron chi connectivity index (χ2n) is 3.24. The van der Waals surface area contributed by atoms with Crippen molar-refractivity contribution in [3.8, 4) is 0 Å². The monoisotopic (exact) mass is 234 g/mol. The molecule has 0 heterocycles. The van der Waals surface area contributed by atoms with E-state index in [1.54, 1.807) is 0 Å². The Balaban J connectivity index is -0.000000605. The summed E-state index contributed by atoms with van der Waals surface area (Å²) < 4.78 is 0. The molecule has 0 amide bonds. The molecule has 4 heteroatoms. The molecule has 0 bridgehead atoms. The van der Waals surface area contributed by atoms with Gasteiger partial charge in [-0.3, -0.25) is 0 Å². The van der Waals surface area contributed by atoms with Gasteiger partial charge in [0.2, 0.25) is 0 Å². The van der Waals surface area contributed by atoms with Gasteiger partial charge in [0, 0.05) is 5.97 Å². The van der Waals surface area contributed by atoms with E-state index in [2.05, 4.69) is 6.92 Å². The van der Waals surface area contributed by atoms with Gasteiger partial charge in [0.05, 0.1) is 0 Å². The Labute approximate surface area is 152 Å². The Morgan fingerprint density at radius 1 is 1.00 bits per heavy atom. The molecule has 0 atom stereocenters. The van der Waals surface area contributed by atoms with Crippen molar-refractivity contribution in [1.82, 2.24) is 0 Å². The molecule has 2 nitrogen and oxygen atoms in total. The zero-order chi connectivity index (χ0) is 9.23. The zero-order valence-electron chi connectivity index (χ0n) is 8.97. The summed E-state index contributed by atoms with van der Waals surface area (Å²) in [5.41, 5.74) is 0. The van der Waals surface area contributed by atoms with Gasteiger partial charge in [0.25, 0.3) is 0 Å². The molecule has 0 N–H and O–H groups in total. The molecule has 0 aromatic carbocycles. The number of carboxylic acid groups (broad SMARTS) is 1. The third-order valence-corrected chi connectivity index (χ3v) is 1.98. The summed E-state index contributed by atoms with van der Waals surface area (Å²) in [7, 11) is 0. The molecule has 0 unspecified atom stereocenters. The summed E-state index contributed by atoms with van der Waals surface area (Å²) in [4.78, 5) is 10.0. The molecule has 0 aliphatic heterocycles. The Kier molecular flexibility index (Phi) is 26.7. The van der Waals surface area contributed by atoms with Gasteiger partial charge in [-0.05, 0) is 12.8 Å². The molecule has 0 aromatic rings. The van der Waals surface area contributed by atoms with Crippen LogP contribution in [0.2, 0.25) is 0 Å². The Morgan fingerprint density at radius 2 is 1.43 bits per heavy atom. The second-order valence-corrected chi connectivity index (χ2v) is 3.24. The third kappa shape index (κ3) is 19.6. The van der Waals surface area contributed by atoms with Gasteiger partial charge in [-0.15, -0.1) is 0 Å². The first-order valence-electron chi connectivity index (χ1n) is 4.97. The van der Waals surface area contributed by atoms with Crippen LogP contribution in [0.15, 0.2) is 0 Å². The topological polar surface area (TPSA) is 40.1 Å². The van der Waals surface area contributed by atoms with Crippen molar-refractivity contribution >= 4 is 35.5 Å². The minimum atomic E-state index is -0.913. The maximum atomic E-state index is 10.0. The second kappa shape index (κ2) is 17.5. The van der Waals surface area contributed by atoms with Crippen LogP contribution in [0.1, 0.15) is 58.3 Å². The predicted molar refractivity (Wildman–Crippen MR) is 54.8 cm³/mol. The molecule has 74 valence electrons. The first-order valence-corrected chi connectivity index (χ1v) is 4.97. The van der Waals surface area contributed by atoms with Crippen LogP contribution in [0.25, 0.3) is 0 Å². The number of carbonyl (C=O) groups is 1. The van der Waals surface area contributed by atoms with Gasteiger partial charge in [0.1, 0.15) is 0 Å². The predicted octanol–water partition coefficient (Wildman–Crippen LogP) is -1.77. The third-order valence-electron chi connectivity index (χ3n) is 1.98. The molecular formula is C10H20KNaO2. The molecule has 0 rings (SSSR count). The zero-order valence-corrected chi connectivity index (χ0v) is 12.1. The van der Waals surface area contributed by atoms with Crippen molar-refractivity contribution in [1.29, 1.82) is 0 Å². The van der Waals surface area contributed by atoms with Gasteiger partial charge in [-0.2, -0.15) is 0 Å². The van der Waals surface area contributed by atoms with Crippen LogP contribution >= 0.6 is 0 Å². The number of hydrogen-bond acceptors (Lipinski definition) is 2. The fraction of sp³-hybridized carbons (Fsp3) is 0.900. The van der Waals surface area contributed by atoms with E-state index in [1.807, 2.05) is 0 Å². The van der Waals surface area contributed by atoms with Crippen molar-refractivity contribution in [2.24, 2.45) is 0 Å². The summed E-state index contributed by atoms with van der Waals surface area (Å²) in [6.07, 6.45) is 8.34. The molecule has 0 aromatic heterocycles. The summed E-state index contributed by atoms with van der Waals surface area (Å²) in [6.45, 7) is 2.19. The molecule has 0 aliphatic carbocycles. The number of aliphatic carboxylic acids is 1. The van der Waals surface area contributed by atoms with E-state index in [1.165, 1.54) is 32.1 Å². The van der Waals surface area contributed by atoms with Crippen molar-refractivity contribution < 1.29 is 61.3 Å². The fourth-order valence-electron chi connectivity index (χ4n) is 1.23. The van der Waals surface area contributed by atoms with Crippen LogP contribution in [-0.2, 0) is 4.79 Å². The minimum absolute atomic E-state index is 0. The van der Waals surface area contributed by atoms with Crippen molar-refractivity contribution in [3.05, 3.63) is 0 Å². The summed E-state index contributed by atoms with van der Waals surface area (Å²) >= 11 is 0. The van der Waals surface area contributed by atoms with E-state index in [0.717, 1.165) is 12.8 Å².